The molecule has 0 unspecified atom stereocenters. The molecule has 0 aliphatic carbocycles. The largest absolute Gasteiger partial charge is 0.417 e. The zero-order valence-electron chi connectivity index (χ0n) is 12.6. The maximum atomic E-state index is 12.9. The van der Waals surface area contributed by atoms with E-state index in [9.17, 15) is 13.2 Å². The van der Waals surface area contributed by atoms with Gasteiger partial charge in [-0.05, 0) is 31.5 Å². The van der Waals surface area contributed by atoms with Crippen molar-refractivity contribution in [2.45, 2.75) is 26.4 Å². The number of hydrogen-bond acceptors (Lipinski definition) is 4. The van der Waals surface area contributed by atoms with Crippen LogP contribution in [0.5, 0.6) is 0 Å². The first-order valence-electron chi connectivity index (χ1n) is 7.03. The minimum atomic E-state index is -4.51. The van der Waals surface area contributed by atoms with Crippen LogP contribution in [0.25, 0.3) is 0 Å². The molecule has 4 nitrogen and oxygen atoms in total. The van der Waals surface area contributed by atoms with Gasteiger partial charge in [-0.15, -0.1) is 0 Å². The first kappa shape index (κ1) is 17.3. The SMILES string of the molecule is CCCNc1nc(C)cc(Nc2ccc(Cl)c(C(F)(F)F)c2)n1. The van der Waals surface area contributed by atoms with Crippen LogP contribution in [0, 0.1) is 6.92 Å². The fourth-order valence-corrected chi connectivity index (χ4v) is 2.14. The van der Waals surface area contributed by atoms with Gasteiger partial charge in [0, 0.05) is 24.0 Å². The molecule has 0 aliphatic heterocycles. The van der Waals surface area contributed by atoms with E-state index in [0.29, 0.717) is 24.0 Å². The average Bonchev–Trinajstić information content (AvgIpc) is 2.45. The molecule has 0 amide bonds. The number of alkyl halides is 3. The molecule has 1 heterocycles. The van der Waals surface area contributed by atoms with Gasteiger partial charge in [0.2, 0.25) is 5.95 Å². The highest BCUT2D eigenvalue weighted by Gasteiger charge is 2.33. The first-order chi connectivity index (χ1) is 10.8. The van der Waals surface area contributed by atoms with Crippen LogP contribution in [0.2, 0.25) is 5.02 Å². The Balaban J connectivity index is 2.27. The summed E-state index contributed by atoms with van der Waals surface area (Å²) in [6.07, 6.45) is -3.60. The van der Waals surface area contributed by atoms with Crippen LogP contribution in [0.4, 0.5) is 30.6 Å². The van der Waals surface area contributed by atoms with Crippen LogP contribution in [0.15, 0.2) is 24.3 Å². The molecule has 2 aromatic rings. The summed E-state index contributed by atoms with van der Waals surface area (Å²) in [5.74, 6) is 0.839. The molecule has 2 rings (SSSR count). The van der Waals surface area contributed by atoms with Gasteiger partial charge in [0.05, 0.1) is 10.6 Å². The molecule has 0 spiro atoms. The van der Waals surface area contributed by atoms with Crippen LogP contribution >= 0.6 is 11.6 Å². The van der Waals surface area contributed by atoms with Gasteiger partial charge in [0.25, 0.3) is 0 Å². The number of nitrogens with zero attached hydrogens (tertiary/aromatic N) is 2. The van der Waals surface area contributed by atoms with Gasteiger partial charge in [0.1, 0.15) is 5.82 Å². The molecular formula is C15H16ClF3N4. The predicted octanol–water partition coefficient (Wildman–Crippen LogP) is 5.02. The molecule has 0 bridgehead atoms. The molecule has 0 saturated heterocycles. The summed E-state index contributed by atoms with van der Waals surface area (Å²) in [6, 6.07) is 5.28. The third-order valence-electron chi connectivity index (χ3n) is 2.93. The van der Waals surface area contributed by atoms with E-state index in [2.05, 4.69) is 20.6 Å². The molecule has 23 heavy (non-hydrogen) atoms. The van der Waals surface area contributed by atoms with Crippen molar-refractivity contribution in [1.29, 1.82) is 0 Å². The van der Waals surface area contributed by atoms with Crippen molar-refractivity contribution >= 4 is 29.1 Å². The zero-order valence-corrected chi connectivity index (χ0v) is 13.4. The molecule has 0 saturated carbocycles. The van der Waals surface area contributed by atoms with Crippen LogP contribution in [0.1, 0.15) is 24.6 Å². The topological polar surface area (TPSA) is 49.8 Å². The molecule has 0 fully saturated rings. The van der Waals surface area contributed by atoms with Gasteiger partial charge in [-0.25, -0.2) is 4.98 Å². The number of benzene rings is 1. The third kappa shape index (κ3) is 4.72. The summed E-state index contributed by atoms with van der Waals surface area (Å²) in [7, 11) is 0. The van der Waals surface area contributed by atoms with Gasteiger partial charge in [-0.3, -0.25) is 0 Å². The summed E-state index contributed by atoms with van der Waals surface area (Å²) < 4.78 is 38.7. The molecule has 1 aromatic heterocycles. The maximum Gasteiger partial charge on any atom is 0.417 e. The Morgan fingerprint density at radius 1 is 1.17 bits per heavy atom. The Morgan fingerprint density at radius 2 is 1.91 bits per heavy atom. The highest BCUT2D eigenvalue weighted by molar-refractivity contribution is 6.31. The number of aromatic nitrogens is 2. The summed E-state index contributed by atoms with van der Waals surface area (Å²) in [5.41, 5.74) is 0.0617. The second-order valence-electron chi connectivity index (χ2n) is 4.96. The summed E-state index contributed by atoms with van der Waals surface area (Å²) in [4.78, 5) is 8.45. The maximum absolute atomic E-state index is 12.9. The summed E-state index contributed by atoms with van der Waals surface area (Å²) in [5, 5.41) is 5.55. The Morgan fingerprint density at radius 3 is 2.57 bits per heavy atom. The van der Waals surface area contributed by atoms with Crippen molar-refractivity contribution in [2.75, 3.05) is 17.2 Å². The van der Waals surface area contributed by atoms with Crippen molar-refractivity contribution < 1.29 is 13.2 Å². The fraction of sp³-hybridized carbons (Fsp3) is 0.333. The lowest BCUT2D eigenvalue weighted by Crippen LogP contribution is -2.08. The van der Waals surface area contributed by atoms with Crippen LogP contribution in [-0.2, 0) is 6.18 Å². The van der Waals surface area contributed by atoms with E-state index in [1.807, 2.05) is 6.92 Å². The summed E-state index contributed by atoms with van der Waals surface area (Å²) >= 11 is 5.61. The standard InChI is InChI=1S/C15H16ClF3N4/c1-3-6-20-14-21-9(2)7-13(23-14)22-10-4-5-12(16)11(8-10)15(17,18)19/h4-5,7-8H,3,6H2,1-2H3,(H2,20,21,22,23). The van der Waals surface area contributed by atoms with Crippen LogP contribution in [0.3, 0.4) is 0 Å². The second-order valence-corrected chi connectivity index (χ2v) is 5.37. The van der Waals surface area contributed by atoms with Gasteiger partial charge >= 0.3 is 6.18 Å². The molecule has 0 aliphatic rings. The Hall–Kier alpha value is -2.02. The van der Waals surface area contributed by atoms with Crippen molar-refractivity contribution in [3.8, 4) is 0 Å². The fourth-order valence-electron chi connectivity index (χ4n) is 1.92. The van der Waals surface area contributed by atoms with Crippen molar-refractivity contribution in [3.05, 3.63) is 40.5 Å². The number of nitrogens with one attached hydrogen (secondary N) is 2. The van der Waals surface area contributed by atoms with Gasteiger partial charge < -0.3 is 10.6 Å². The van der Waals surface area contributed by atoms with E-state index in [-0.39, 0.29) is 10.7 Å². The van der Waals surface area contributed by atoms with Gasteiger partial charge in [-0.2, -0.15) is 18.2 Å². The highest BCUT2D eigenvalue weighted by atomic mass is 35.5. The van der Waals surface area contributed by atoms with E-state index in [1.165, 1.54) is 12.1 Å². The molecule has 8 heteroatoms. The number of aryl methyl sites for hydroxylation is 1. The lowest BCUT2D eigenvalue weighted by atomic mass is 10.2. The Labute approximate surface area is 137 Å². The van der Waals surface area contributed by atoms with E-state index in [4.69, 9.17) is 11.6 Å². The number of rotatable bonds is 5. The Bertz CT molecular complexity index is 689. The van der Waals surface area contributed by atoms with Gasteiger partial charge in [0.15, 0.2) is 0 Å². The number of hydrogen-bond donors (Lipinski definition) is 2. The lowest BCUT2D eigenvalue weighted by Gasteiger charge is -2.13. The van der Waals surface area contributed by atoms with Crippen molar-refractivity contribution in [2.24, 2.45) is 0 Å². The van der Waals surface area contributed by atoms with Crippen LogP contribution in [-0.4, -0.2) is 16.5 Å². The normalized spacial score (nSPS) is 11.4. The number of halogens is 4. The van der Waals surface area contributed by atoms with E-state index < -0.39 is 11.7 Å². The monoisotopic (exact) mass is 344 g/mol. The van der Waals surface area contributed by atoms with E-state index >= 15 is 0 Å². The van der Waals surface area contributed by atoms with Crippen molar-refractivity contribution in [3.63, 3.8) is 0 Å². The predicted molar refractivity (Wildman–Crippen MR) is 85.3 cm³/mol. The molecule has 1 aromatic carbocycles. The average molecular weight is 345 g/mol. The minimum absolute atomic E-state index is 0.251. The highest BCUT2D eigenvalue weighted by Crippen LogP contribution is 2.36. The molecule has 2 N–H and O–H groups in total. The molecule has 124 valence electrons. The molecular weight excluding hydrogens is 329 g/mol. The second kappa shape index (κ2) is 7.04. The Kier molecular flexibility index (Phi) is 5.30. The van der Waals surface area contributed by atoms with Crippen LogP contribution < -0.4 is 10.6 Å². The quantitative estimate of drug-likeness (QED) is 0.799. The summed E-state index contributed by atoms with van der Waals surface area (Å²) in [6.45, 7) is 4.50. The van der Waals surface area contributed by atoms with E-state index in [0.717, 1.165) is 12.5 Å². The minimum Gasteiger partial charge on any atom is -0.354 e. The first-order valence-corrected chi connectivity index (χ1v) is 7.40. The number of anilines is 3. The van der Waals surface area contributed by atoms with Crippen molar-refractivity contribution in [1.82, 2.24) is 9.97 Å². The smallest absolute Gasteiger partial charge is 0.354 e. The molecule has 0 radical (unpaired) electrons. The lowest BCUT2D eigenvalue weighted by molar-refractivity contribution is -0.137. The van der Waals surface area contributed by atoms with E-state index in [1.54, 1.807) is 13.0 Å². The third-order valence-corrected chi connectivity index (χ3v) is 3.26. The zero-order chi connectivity index (χ0) is 17.0. The molecule has 0 atom stereocenters. The van der Waals surface area contributed by atoms with Gasteiger partial charge in [-0.1, -0.05) is 18.5 Å².